The molecular weight excluding hydrogens is 481 g/mol. The second-order valence-electron chi connectivity index (χ2n) is 7.05. The minimum absolute atomic E-state index is 0.0931. The molecular formula is C21H16ClF3N4O5. The maximum atomic E-state index is 13.2. The zero-order valence-electron chi connectivity index (χ0n) is 17.6. The van der Waals surface area contributed by atoms with Crippen LogP contribution in [-0.4, -0.2) is 33.2 Å². The van der Waals surface area contributed by atoms with Crippen LogP contribution in [0.3, 0.4) is 0 Å². The Labute approximate surface area is 195 Å². The van der Waals surface area contributed by atoms with Crippen molar-refractivity contribution in [2.24, 2.45) is 0 Å². The lowest BCUT2D eigenvalue weighted by Crippen LogP contribution is -2.23. The Bertz CT molecular complexity index is 1270. The van der Waals surface area contributed by atoms with E-state index in [0.29, 0.717) is 28.2 Å². The van der Waals surface area contributed by atoms with E-state index in [1.54, 1.807) is 30.7 Å². The minimum atomic E-state index is -4.96. The molecule has 178 valence electrons. The number of non-ortho nitro benzene ring substituents is 1. The molecule has 1 heterocycles. The lowest BCUT2D eigenvalue weighted by Gasteiger charge is -2.13. The number of aryl methyl sites for hydroxylation is 1. The van der Waals surface area contributed by atoms with Crippen LogP contribution in [0.25, 0.3) is 5.69 Å². The summed E-state index contributed by atoms with van der Waals surface area (Å²) in [4.78, 5) is 34.0. The van der Waals surface area contributed by atoms with Crippen LogP contribution in [0.1, 0.15) is 27.3 Å². The fourth-order valence-corrected chi connectivity index (χ4v) is 3.12. The van der Waals surface area contributed by atoms with Gasteiger partial charge in [0.1, 0.15) is 0 Å². The normalized spacial score (nSPS) is 11.2. The van der Waals surface area contributed by atoms with Crippen LogP contribution in [0.4, 0.5) is 24.5 Å². The molecule has 0 aliphatic rings. The molecule has 3 aromatic rings. The summed E-state index contributed by atoms with van der Waals surface area (Å²) in [6.07, 6.45) is -4.96. The molecule has 1 aromatic heterocycles. The van der Waals surface area contributed by atoms with Gasteiger partial charge in [-0.25, -0.2) is 9.48 Å². The van der Waals surface area contributed by atoms with Gasteiger partial charge in [-0.2, -0.15) is 18.3 Å². The van der Waals surface area contributed by atoms with Crippen molar-refractivity contribution in [3.05, 3.63) is 80.1 Å². The van der Waals surface area contributed by atoms with Crippen molar-refractivity contribution in [3.8, 4) is 5.69 Å². The number of amides is 1. The van der Waals surface area contributed by atoms with Crippen LogP contribution in [0.15, 0.2) is 42.5 Å². The molecule has 0 spiro atoms. The quantitative estimate of drug-likeness (QED) is 0.296. The first-order chi connectivity index (χ1) is 15.9. The second-order valence-corrected chi connectivity index (χ2v) is 7.43. The average molecular weight is 497 g/mol. The maximum Gasteiger partial charge on any atom is 0.418 e. The number of nitro benzene ring substituents is 1. The molecule has 1 amide bonds. The van der Waals surface area contributed by atoms with Gasteiger partial charge < -0.3 is 10.1 Å². The van der Waals surface area contributed by atoms with Gasteiger partial charge in [0.05, 0.1) is 43.8 Å². The van der Waals surface area contributed by atoms with Crippen LogP contribution >= 0.6 is 11.6 Å². The number of nitrogens with zero attached hydrogens (tertiary/aromatic N) is 3. The van der Waals surface area contributed by atoms with Gasteiger partial charge in [-0.1, -0.05) is 11.6 Å². The summed E-state index contributed by atoms with van der Waals surface area (Å²) >= 11 is 6.13. The molecule has 13 heteroatoms. The monoisotopic (exact) mass is 496 g/mol. The maximum absolute atomic E-state index is 13.2. The van der Waals surface area contributed by atoms with E-state index in [2.05, 4.69) is 5.10 Å². The Morgan fingerprint density at radius 3 is 2.35 bits per heavy atom. The number of carbonyl (C=O) groups excluding carboxylic acids is 2. The summed E-state index contributed by atoms with van der Waals surface area (Å²) in [5, 5.41) is 17.5. The molecule has 0 aliphatic heterocycles. The number of anilines is 1. The van der Waals surface area contributed by atoms with E-state index in [0.717, 1.165) is 12.1 Å². The van der Waals surface area contributed by atoms with E-state index in [1.165, 1.54) is 12.1 Å². The Balaban J connectivity index is 1.66. The summed E-state index contributed by atoms with van der Waals surface area (Å²) in [6, 6.07) is 7.89. The minimum Gasteiger partial charge on any atom is -0.452 e. The number of benzene rings is 2. The molecule has 0 atom stereocenters. The molecule has 0 saturated heterocycles. The molecule has 0 fully saturated rings. The number of esters is 1. The third-order valence-corrected chi connectivity index (χ3v) is 5.23. The summed E-state index contributed by atoms with van der Waals surface area (Å²) in [7, 11) is 0. The first-order valence-corrected chi connectivity index (χ1v) is 9.91. The lowest BCUT2D eigenvalue weighted by molar-refractivity contribution is -0.385. The summed E-state index contributed by atoms with van der Waals surface area (Å²) in [5.41, 5.74) is -0.836. The standard InChI is InChI=1S/C21H16ClF3N4O5/c1-11-19(22)12(2)28(27-11)14-5-3-13(4-6-14)20(31)34-10-18(30)26-17-8-7-15(29(32)33)9-16(17)21(23,24)25/h3-9H,10H2,1-2H3,(H,26,30). The van der Waals surface area contributed by atoms with Crippen molar-refractivity contribution in [1.82, 2.24) is 9.78 Å². The first kappa shape index (κ1) is 24.7. The van der Waals surface area contributed by atoms with Gasteiger partial charge >= 0.3 is 12.1 Å². The summed E-state index contributed by atoms with van der Waals surface area (Å²) < 4.78 is 46.1. The fraction of sp³-hybridized carbons (Fsp3) is 0.190. The van der Waals surface area contributed by atoms with Crippen molar-refractivity contribution in [2.45, 2.75) is 20.0 Å². The number of ether oxygens (including phenoxy) is 1. The predicted molar refractivity (Wildman–Crippen MR) is 115 cm³/mol. The van der Waals surface area contributed by atoms with E-state index >= 15 is 0 Å². The molecule has 1 N–H and O–H groups in total. The lowest BCUT2D eigenvalue weighted by atomic mass is 10.1. The molecule has 0 radical (unpaired) electrons. The van der Waals surface area contributed by atoms with Gasteiger partial charge in [0.25, 0.3) is 11.6 Å². The van der Waals surface area contributed by atoms with Crippen molar-refractivity contribution >= 4 is 34.9 Å². The summed E-state index contributed by atoms with van der Waals surface area (Å²) in [6.45, 7) is 2.65. The van der Waals surface area contributed by atoms with Crippen LogP contribution in [0, 0.1) is 24.0 Å². The molecule has 34 heavy (non-hydrogen) atoms. The second kappa shape index (κ2) is 9.51. The average Bonchev–Trinajstić information content (AvgIpc) is 3.04. The van der Waals surface area contributed by atoms with Crippen molar-refractivity contribution in [1.29, 1.82) is 0 Å². The largest absolute Gasteiger partial charge is 0.452 e. The van der Waals surface area contributed by atoms with E-state index in [-0.39, 0.29) is 5.56 Å². The number of carbonyl (C=O) groups is 2. The van der Waals surface area contributed by atoms with Gasteiger partial charge in [-0.05, 0) is 44.2 Å². The molecule has 0 unspecified atom stereocenters. The molecule has 3 rings (SSSR count). The zero-order chi connectivity index (χ0) is 25.2. The van der Waals surface area contributed by atoms with Gasteiger partial charge in [0.2, 0.25) is 0 Å². The first-order valence-electron chi connectivity index (χ1n) is 9.53. The number of halogens is 4. The van der Waals surface area contributed by atoms with Gasteiger partial charge in [-0.3, -0.25) is 14.9 Å². The highest BCUT2D eigenvalue weighted by Crippen LogP contribution is 2.37. The van der Waals surface area contributed by atoms with Gasteiger partial charge in [-0.15, -0.1) is 0 Å². The smallest absolute Gasteiger partial charge is 0.418 e. The Morgan fingerprint density at radius 1 is 1.18 bits per heavy atom. The zero-order valence-corrected chi connectivity index (χ0v) is 18.4. The fourth-order valence-electron chi connectivity index (χ4n) is 3.00. The van der Waals surface area contributed by atoms with Crippen molar-refractivity contribution in [3.63, 3.8) is 0 Å². The molecule has 2 aromatic carbocycles. The Morgan fingerprint density at radius 2 is 1.82 bits per heavy atom. The van der Waals surface area contributed by atoms with Crippen LogP contribution < -0.4 is 5.32 Å². The number of hydrogen-bond acceptors (Lipinski definition) is 6. The summed E-state index contributed by atoms with van der Waals surface area (Å²) in [5.74, 6) is -1.94. The van der Waals surface area contributed by atoms with E-state index in [1.807, 2.05) is 5.32 Å². The van der Waals surface area contributed by atoms with Crippen molar-refractivity contribution in [2.75, 3.05) is 11.9 Å². The predicted octanol–water partition coefficient (Wildman–Crippen LogP) is 4.87. The molecule has 9 nitrogen and oxygen atoms in total. The number of nitro groups is 1. The van der Waals surface area contributed by atoms with E-state index < -0.39 is 46.5 Å². The number of nitrogens with one attached hydrogen (secondary N) is 1. The van der Waals surface area contributed by atoms with Crippen LogP contribution in [-0.2, 0) is 15.7 Å². The highest BCUT2D eigenvalue weighted by molar-refractivity contribution is 6.31. The van der Waals surface area contributed by atoms with Gasteiger partial charge in [0.15, 0.2) is 6.61 Å². The molecule has 0 aliphatic carbocycles. The van der Waals surface area contributed by atoms with E-state index in [9.17, 15) is 32.9 Å². The number of aromatic nitrogens is 2. The number of rotatable bonds is 6. The third-order valence-electron chi connectivity index (χ3n) is 4.68. The van der Waals surface area contributed by atoms with E-state index in [4.69, 9.17) is 16.3 Å². The number of hydrogen-bond donors (Lipinski definition) is 1. The van der Waals surface area contributed by atoms with Gasteiger partial charge in [0, 0.05) is 12.1 Å². The SMILES string of the molecule is Cc1nn(-c2ccc(C(=O)OCC(=O)Nc3ccc([N+](=O)[O-])cc3C(F)(F)F)cc2)c(C)c1Cl. The Hall–Kier alpha value is -3.93. The third kappa shape index (κ3) is 5.34. The highest BCUT2D eigenvalue weighted by atomic mass is 35.5. The topological polar surface area (TPSA) is 116 Å². The van der Waals surface area contributed by atoms with Crippen LogP contribution in [0.5, 0.6) is 0 Å². The Kier molecular flexibility index (Phi) is 6.91. The molecule has 0 saturated carbocycles. The van der Waals surface area contributed by atoms with Crippen molar-refractivity contribution < 1.29 is 32.4 Å². The van der Waals surface area contributed by atoms with Crippen LogP contribution in [0.2, 0.25) is 5.02 Å². The highest BCUT2D eigenvalue weighted by Gasteiger charge is 2.35. The number of alkyl halides is 3. The molecule has 0 bridgehead atoms.